The first-order valence-electron chi connectivity index (χ1n) is 9.19. The molecule has 0 amide bonds. The van der Waals surface area contributed by atoms with Crippen LogP contribution in [0.15, 0.2) is 72.5 Å². The van der Waals surface area contributed by atoms with Gasteiger partial charge in [0.2, 0.25) is 5.78 Å². The summed E-state index contributed by atoms with van der Waals surface area (Å²) >= 11 is 5.83. The molecule has 31 heavy (non-hydrogen) atoms. The molecule has 0 fully saturated rings. The van der Waals surface area contributed by atoms with Crippen molar-refractivity contribution < 1.29 is 28.6 Å². The zero-order valence-electron chi connectivity index (χ0n) is 16.3. The quantitative estimate of drug-likeness (QED) is 0.328. The van der Waals surface area contributed by atoms with Crippen LogP contribution in [0.3, 0.4) is 0 Å². The second-order valence-corrected chi connectivity index (χ2v) is 7.04. The fourth-order valence-corrected chi connectivity index (χ4v) is 3.09. The van der Waals surface area contributed by atoms with Crippen molar-refractivity contribution in [2.75, 3.05) is 7.11 Å². The van der Waals surface area contributed by atoms with E-state index >= 15 is 0 Å². The number of halogens is 1. The first-order chi connectivity index (χ1) is 14.9. The largest absolute Gasteiger partial charge is 0.465 e. The number of hydrogen-bond donors (Lipinski definition) is 0. The molecule has 6 nitrogen and oxygen atoms in total. The molecule has 1 aliphatic rings. The van der Waals surface area contributed by atoms with Gasteiger partial charge in [-0.2, -0.15) is 0 Å². The monoisotopic (exact) mass is 434 g/mol. The smallest absolute Gasteiger partial charge is 0.343 e. The molecule has 4 rings (SSSR count). The highest BCUT2D eigenvalue weighted by molar-refractivity contribution is 6.30. The third kappa shape index (κ3) is 4.34. The van der Waals surface area contributed by atoms with Crippen molar-refractivity contribution in [2.45, 2.75) is 0 Å². The summed E-state index contributed by atoms with van der Waals surface area (Å²) in [5.74, 6) is -0.619. The van der Waals surface area contributed by atoms with E-state index in [0.717, 1.165) is 0 Å². The molecule has 1 heterocycles. The Hall–Kier alpha value is -3.90. The number of methoxy groups -OCH3 is 1. The second-order valence-electron chi connectivity index (χ2n) is 6.61. The molecule has 1 aliphatic heterocycles. The standard InChI is InChI=1S/C24H15ClO6/c1-29-23(27)15-4-2-14(3-5-15)12-21-22(26)19-11-10-18(13-20(19)31-21)30-24(28)16-6-8-17(25)9-7-16/h2-13H,1H3/b21-12-. The minimum Gasteiger partial charge on any atom is -0.465 e. The number of Topliss-reactive ketones (excluding diaryl/α,β-unsaturated/α-hetero) is 1. The van der Waals surface area contributed by atoms with Gasteiger partial charge in [-0.1, -0.05) is 23.7 Å². The topological polar surface area (TPSA) is 78.9 Å². The summed E-state index contributed by atoms with van der Waals surface area (Å²) < 4.78 is 15.7. The van der Waals surface area contributed by atoms with Crippen molar-refractivity contribution >= 4 is 35.4 Å². The Balaban J connectivity index is 1.51. The number of carbonyl (C=O) groups is 3. The summed E-state index contributed by atoms with van der Waals surface area (Å²) in [6.07, 6.45) is 1.57. The molecular formula is C24H15ClO6. The van der Waals surface area contributed by atoms with Crippen LogP contribution in [0.25, 0.3) is 6.08 Å². The number of hydrogen-bond acceptors (Lipinski definition) is 6. The lowest BCUT2D eigenvalue weighted by Gasteiger charge is -2.06. The molecule has 0 N–H and O–H groups in total. The Morgan fingerprint density at radius 2 is 1.55 bits per heavy atom. The first-order valence-corrected chi connectivity index (χ1v) is 9.57. The number of rotatable bonds is 4. The van der Waals surface area contributed by atoms with Crippen LogP contribution in [-0.4, -0.2) is 24.8 Å². The molecule has 0 saturated carbocycles. The highest BCUT2D eigenvalue weighted by Crippen LogP contribution is 2.35. The summed E-state index contributed by atoms with van der Waals surface area (Å²) in [5.41, 5.74) is 1.79. The Kier molecular flexibility index (Phi) is 5.56. The Morgan fingerprint density at radius 1 is 0.903 bits per heavy atom. The van der Waals surface area contributed by atoms with Crippen LogP contribution in [0.4, 0.5) is 0 Å². The molecule has 154 valence electrons. The summed E-state index contributed by atoms with van der Waals surface area (Å²) in [6.45, 7) is 0. The predicted molar refractivity (Wildman–Crippen MR) is 114 cm³/mol. The van der Waals surface area contributed by atoms with Gasteiger partial charge in [0.15, 0.2) is 5.76 Å². The molecule has 0 aromatic heterocycles. The average molecular weight is 435 g/mol. The van der Waals surface area contributed by atoms with E-state index in [1.165, 1.54) is 19.2 Å². The minimum absolute atomic E-state index is 0.127. The van der Waals surface area contributed by atoms with E-state index in [-0.39, 0.29) is 17.3 Å². The maximum Gasteiger partial charge on any atom is 0.343 e. The number of ketones is 1. The van der Waals surface area contributed by atoms with Gasteiger partial charge in [-0.25, -0.2) is 9.59 Å². The van der Waals surface area contributed by atoms with Gasteiger partial charge in [0.1, 0.15) is 11.5 Å². The number of fused-ring (bicyclic) bond motifs is 1. The van der Waals surface area contributed by atoms with Crippen molar-refractivity contribution in [3.63, 3.8) is 0 Å². The van der Waals surface area contributed by atoms with Gasteiger partial charge in [0, 0.05) is 11.1 Å². The van der Waals surface area contributed by atoms with Crippen LogP contribution in [-0.2, 0) is 4.74 Å². The van der Waals surface area contributed by atoms with Crippen molar-refractivity contribution in [2.24, 2.45) is 0 Å². The number of allylic oxidation sites excluding steroid dienone is 1. The molecule has 0 saturated heterocycles. The summed E-state index contributed by atoms with van der Waals surface area (Å²) in [5, 5.41) is 0.514. The lowest BCUT2D eigenvalue weighted by molar-refractivity contribution is 0.0600. The van der Waals surface area contributed by atoms with Crippen LogP contribution < -0.4 is 9.47 Å². The summed E-state index contributed by atoms with van der Waals surface area (Å²) in [7, 11) is 1.31. The molecule has 3 aromatic rings. The zero-order chi connectivity index (χ0) is 22.0. The van der Waals surface area contributed by atoms with Crippen molar-refractivity contribution in [3.8, 4) is 11.5 Å². The molecular weight excluding hydrogens is 420 g/mol. The van der Waals surface area contributed by atoms with E-state index in [2.05, 4.69) is 4.74 Å². The fourth-order valence-electron chi connectivity index (χ4n) is 2.97. The fraction of sp³-hybridized carbons (Fsp3) is 0.0417. The molecule has 0 spiro atoms. The zero-order valence-corrected chi connectivity index (χ0v) is 17.0. The lowest BCUT2D eigenvalue weighted by atomic mass is 10.1. The van der Waals surface area contributed by atoms with Crippen LogP contribution in [0.2, 0.25) is 5.02 Å². The maximum absolute atomic E-state index is 12.6. The SMILES string of the molecule is COC(=O)c1ccc(/C=C2\Oc3cc(OC(=O)c4ccc(Cl)cc4)ccc3C2=O)cc1. The van der Waals surface area contributed by atoms with Gasteiger partial charge in [0.25, 0.3) is 0 Å². The van der Waals surface area contributed by atoms with E-state index in [0.29, 0.717) is 33.0 Å². The minimum atomic E-state index is -0.553. The van der Waals surface area contributed by atoms with Gasteiger partial charge in [-0.3, -0.25) is 4.79 Å². The number of carbonyl (C=O) groups excluding carboxylic acids is 3. The van der Waals surface area contributed by atoms with E-state index in [1.54, 1.807) is 60.7 Å². The van der Waals surface area contributed by atoms with Gasteiger partial charge < -0.3 is 14.2 Å². The Morgan fingerprint density at radius 3 is 2.23 bits per heavy atom. The van der Waals surface area contributed by atoms with Gasteiger partial charge in [-0.15, -0.1) is 0 Å². The number of benzene rings is 3. The Labute approximate surface area is 182 Å². The average Bonchev–Trinajstić information content (AvgIpc) is 3.08. The third-order valence-electron chi connectivity index (χ3n) is 4.56. The molecule has 0 aliphatic carbocycles. The van der Waals surface area contributed by atoms with Crippen LogP contribution >= 0.6 is 11.6 Å². The van der Waals surface area contributed by atoms with Gasteiger partial charge >= 0.3 is 11.9 Å². The van der Waals surface area contributed by atoms with Crippen molar-refractivity contribution in [3.05, 3.63) is 99.8 Å². The molecule has 0 bridgehead atoms. The highest BCUT2D eigenvalue weighted by atomic mass is 35.5. The van der Waals surface area contributed by atoms with Crippen LogP contribution in [0.1, 0.15) is 36.6 Å². The first kappa shape index (κ1) is 20.4. The molecule has 0 unspecified atom stereocenters. The summed E-state index contributed by atoms with van der Waals surface area (Å²) in [4.78, 5) is 36.4. The number of ether oxygens (including phenoxy) is 3. The summed E-state index contributed by atoms with van der Waals surface area (Å²) in [6, 6.07) is 17.4. The predicted octanol–water partition coefficient (Wildman–Crippen LogP) is 4.96. The molecule has 0 atom stereocenters. The van der Waals surface area contributed by atoms with E-state index in [4.69, 9.17) is 21.1 Å². The number of esters is 2. The van der Waals surface area contributed by atoms with Crippen molar-refractivity contribution in [1.82, 2.24) is 0 Å². The molecule has 7 heteroatoms. The van der Waals surface area contributed by atoms with E-state index in [9.17, 15) is 14.4 Å². The molecule has 0 radical (unpaired) electrons. The normalized spacial score (nSPS) is 13.5. The van der Waals surface area contributed by atoms with Crippen LogP contribution in [0, 0.1) is 0 Å². The van der Waals surface area contributed by atoms with Gasteiger partial charge in [0.05, 0.1) is 23.8 Å². The second kappa shape index (κ2) is 8.45. The highest BCUT2D eigenvalue weighted by Gasteiger charge is 2.28. The van der Waals surface area contributed by atoms with Crippen molar-refractivity contribution in [1.29, 1.82) is 0 Å². The Bertz CT molecular complexity index is 1210. The van der Waals surface area contributed by atoms with E-state index < -0.39 is 11.9 Å². The molecule has 3 aromatic carbocycles. The van der Waals surface area contributed by atoms with Gasteiger partial charge in [-0.05, 0) is 60.2 Å². The van der Waals surface area contributed by atoms with E-state index in [1.807, 2.05) is 0 Å². The lowest BCUT2D eigenvalue weighted by Crippen LogP contribution is -2.08. The third-order valence-corrected chi connectivity index (χ3v) is 4.81. The maximum atomic E-state index is 12.6. The van der Waals surface area contributed by atoms with Crippen LogP contribution in [0.5, 0.6) is 11.5 Å².